The zero-order chi connectivity index (χ0) is 19.3. The van der Waals surface area contributed by atoms with Crippen molar-refractivity contribution in [1.82, 2.24) is 15.8 Å². The maximum absolute atomic E-state index is 11.6. The SMILES string of the molecule is N=C(N)NNC(=O)Cc1ccc(N(c2scnc2C(=O)O)[SH](=O)=O)cc1. The van der Waals surface area contributed by atoms with Crippen molar-refractivity contribution in [1.29, 1.82) is 5.41 Å². The summed E-state index contributed by atoms with van der Waals surface area (Å²) in [6, 6.07) is 5.93. The molecule has 1 heterocycles. The number of hydrazine groups is 1. The van der Waals surface area contributed by atoms with Crippen molar-refractivity contribution in [3.63, 3.8) is 0 Å². The van der Waals surface area contributed by atoms with E-state index in [9.17, 15) is 18.0 Å². The van der Waals surface area contributed by atoms with Crippen LogP contribution < -0.4 is 20.9 Å². The van der Waals surface area contributed by atoms with Gasteiger partial charge in [0.25, 0.3) is 0 Å². The number of carbonyl (C=O) groups is 2. The predicted octanol–water partition coefficient (Wildman–Crippen LogP) is -0.437. The van der Waals surface area contributed by atoms with Crippen LogP contribution in [0.1, 0.15) is 16.1 Å². The Bertz CT molecular complexity index is 900. The number of rotatable bonds is 6. The van der Waals surface area contributed by atoms with Crippen LogP contribution in [0.15, 0.2) is 29.8 Å². The van der Waals surface area contributed by atoms with Crippen molar-refractivity contribution < 1.29 is 23.1 Å². The molecular formula is C13H14N6O5S2. The molecule has 0 fully saturated rings. The van der Waals surface area contributed by atoms with Gasteiger partial charge < -0.3 is 10.8 Å². The fourth-order valence-electron chi connectivity index (χ4n) is 1.94. The Hall–Kier alpha value is -3.19. The molecule has 0 saturated carbocycles. The summed E-state index contributed by atoms with van der Waals surface area (Å²) in [6.07, 6.45) is -0.0367. The van der Waals surface area contributed by atoms with E-state index in [1.165, 1.54) is 29.8 Å². The molecule has 1 amide bonds. The third kappa shape index (κ3) is 4.67. The number of benzene rings is 1. The summed E-state index contributed by atoms with van der Waals surface area (Å²) in [7, 11) is -3.16. The Morgan fingerprint density at radius 1 is 1.27 bits per heavy atom. The lowest BCUT2D eigenvalue weighted by atomic mass is 10.1. The number of thiazole rings is 1. The summed E-state index contributed by atoms with van der Waals surface area (Å²) in [6.45, 7) is 0. The lowest BCUT2D eigenvalue weighted by Gasteiger charge is -2.16. The van der Waals surface area contributed by atoms with Gasteiger partial charge in [0.05, 0.1) is 17.6 Å². The molecule has 0 aliphatic rings. The third-order valence-electron chi connectivity index (χ3n) is 2.99. The van der Waals surface area contributed by atoms with E-state index in [0.29, 0.717) is 5.56 Å². The third-order valence-corrected chi connectivity index (χ3v) is 4.69. The van der Waals surface area contributed by atoms with Crippen molar-refractivity contribution in [2.45, 2.75) is 6.42 Å². The second-order valence-corrected chi connectivity index (χ2v) is 6.50. The van der Waals surface area contributed by atoms with Gasteiger partial charge in [0, 0.05) is 0 Å². The molecule has 0 bridgehead atoms. The van der Waals surface area contributed by atoms with Gasteiger partial charge in [-0.25, -0.2) is 22.5 Å². The van der Waals surface area contributed by atoms with E-state index in [-0.39, 0.29) is 22.8 Å². The van der Waals surface area contributed by atoms with Crippen LogP contribution in [0.5, 0.6) is 0 Å². The van der Waals surface area contributed by atoms with Crippen molar-refractivity contribution in [3.8, 4) is 0 Å². The van der Waals surface area contributed by atoms with Crippen molar-refractivity contribution in [3.05, 3.63) is 41.0 Å². The molecule has 6 N–H and O–H groups in total. The average Bonchev–Trinajstić information content (AvgIpc) is 3.04. The number of hydrogen-bond acceptors (Lipinski definition) is 7. The van der Waals surface area contributed by atoms with Gasteiger partial charge in [0.15, 0.2) is 5.69 Å². The van der Waals surface area contributed by atoms with E-state index < -0.39 is 28.7 Å². The lowest BCUT2D eigenvalue weighted by molar-refractivity contribution is -0.121. The van der Waals surface area contributed by atoms with Gasteiger partial charge in [0.1, 0.15) is 5.00 Å². The van der Waals surface area contributed by atoms with Crippen LogP contribution in [0.25, 0.3) is 0 Å². The van der Waals surface area contributed by atoms with Crippen LogP contribution in [-0.4, -0.2) is 36.3 Å². The van der Waals surface area contributed by atoms with E-state index in [0.717, 1.165) is 15.6 Å². The first-order chi connectivity index (χ1) is 12.3. The predicted molar refractivity (Wildman–Crippen MR) is 94.9 cm³/mol. The van der Waals surface area contributed by atoms with Crippen LogP contribution in [0, 0.1) is 5.41 Å². The number of aromatic nitrogens is 1. The van der Waals surface area contributed by atoms with E-state index >= 15 is 0 Å². The molecule has 0 aliphatic carbocycles. The van der Waals surface area contributed by atoms with Gasteiger partial charge in [-0.1, -0.05) is 12.1 Å². The maximum atomic E-state index is 11.6. The van der Waals surface area contributed by atoms with Crippen LogP contribution >= 0.6 is 11.3 Å². The molecule has 1 aromatic heterocycles. The first kappa shape index (κ1) is 19.1. The van der Waals surface area contributed by atoms with Gasteiger partial charge >= 0.3 is 5.97 Å². The summed E-state index contributed by atoms with van der Waals surface area (Å²) in [5.41, 5.74) is 11.1. The fraction of sp³-hybridized carbons (Fsp3) is 0.0769. The number of aromatic carboxylic acids is 1. The molecule has 1 aromatic carbocycles. The normalized spacial score (nSPS) is 10.3. The van der Waals surface area contributed by atoms with Crippen molar-refractivity contribution in [2.24, 2.45) is 5.73 Å². The monoisotopic (exact) mass is 398 g/mol. The van der Waals surface area contributed by atoms with E-state index in [1.807, 2.05) is 0 Å². The van der Waals surface area contributed by atoms with Gasteiger partial charge in [-0.15, -0.1) is 11.3 Å². The Morgan fingerprint density at radius 3 is 2.46 bits per heavy atom. The Balaban J connectivity index is 2.21. The molecule has 0 aliphatic heterocycles. The summed E-state index contributed by atoms with van der Waals surface area (Å²) >= 11 is 0.879. The Morgan fingerprint density at radius 2 is 1.92 bits per heavy atom. The van der Waals surface area contributed by atoms with E-state index in [4.69, 9.17) is 16.2 Å². The van der Waals surface area contributed by atoms with Crippen LogP contribution in [0.3, 0.4) is 0 Å². The number of anilines is 2. The largest absolute Gasteiger partial charge is 0.476 e. The zero-order valence-electron chi connectivity index (χ0n) is 13.0. The van der Waals surface area contributed by atoms with Gasteiger partial charge in [-0.05, 0) is 17.7 Å². The number of hydrogen-bond donors (Lipinski definition) is 6. The highest BCUT2D eigenvalue weighted by Crippen LogP contribution is 2.32. The molecule has 11 nitrogen and oxygen atoms in total. The van der Waals surface area contributed by atoms with Crippen molar-refractivity contribution in [2.75, 3.05) is 4.31 Å². The number of carboxylic acid groups (broad SMARTS) is 1. The molecule has 0 saturated heterocycles. The van der Waals surface area contributed by atoms with Crippen LogP contribution in [0.4, 0.5) is 10.7 Å². The minimum atomic E-state index is -3.16. The van der Waals surface area contributed by atoms with Gasteiger partial charge in [0.2, 0.25) is 22.8 Å². The standard InChI is InChI=1S/C13H14N6O5S2/c14-13(15)18-17-9(20)5-7-1-3-8(4-2-7)19(26(23)24)11-10(12(21)22)16-6-25-11/h1-4,6,26H,5H2,(H,17,20)(H,21,22)(H4,14,15,18). The summed E-state index contributed by atoms with van der Waals surface area (Å²) < 4.78 is 24.1. The highest BCUT2D eigenvalue weighted by atomic mass is 32.2. The summed E-state index contributed by atoms with van der Waals surface area (Å²) in [5.74, 6) is -2.20. The molecule has 13 heteroatoms. The second kappa shape index (κ2) is 8.26. The quantitative estimate of drug-likeness (QED) is 0.164. The first-order valence-corrected chi connectivity index (χ1v) is 8.89. The highest BCUT2D eigenvalue weighted by Gasteiger charge is 2.22. The molecule has 2 aromatic rings. The smallest absolute Gasteiger partial charge is 0.357 e. The number of nitrogens with zero attached hydrogens (tertiary/aromatic N) is 2. The van der Waals surface area contributed by atoms with Gasteiger partial charge in [-0.3, -0.25) is 21.1 Å². The number of guanidine groups is 1. The number of thiol groups is 1. The minimum absolute atomic E-state index is 0.0367. The molecule has 138 valence electrons. The van der Waals surface area contributed by atoms with E-state index in [1.54, 1.807) is 0 Å². The molecule has 0 radical (unpaired) electrons. The van der Waals surface area contributed by atoms with E-state index in [2.05, 4.69) is 15.8 Å². The highest BCUT2D eigenvalue weighted by molar-refractivity contribution is 7.74. The molecule has 0 unspecified atom stereocenters. The molecular weight excluding hydrogens is 384 g/mol. The zero-order valence-corrected chi connectivity index (χ0v) is 14.7. The second-order valence-electron chi connectivity index (χ2n) is 4.79. The lowest BCUT2D eigenvalue weighted by Crippen LogP contribution is -2.45. The maximum Gasteiger partial charge on any atom is 0.357 e. The Labute approximate surface area is 153 Å². The Kier molecular flexibility index (Phi) is 6.08. The molecule has 2 rings (SSSR count). The average molecular weight is 398 g/mol. The van der Waals surface area contributed by atoms with Crippen molar-refractivity contribution >= 4 is 50.8 Å². The van der Waals surface area contributed by atoms with Gasteiger partial charge in [-0.2, -0.15) is 0 Å². The topological polar surface area (TPSA) is 179 Å². The van der Waals surface area contributed by atoms with Crippen LogP contribution in [0.2, 0.25) is 0 Å². The molecule has 0 atom stereocenters. The number of carbonyl (C=O) groups excluding carboxylic acids is 1. The number of carboxylic acids is 1. The first-order valence-electron chi connectivity index (χ1n) is 6.88. The summed E-state index contributed by atoms with van der Waals surface area (Å²) in [5, 5.41) is 16.0. The van der Waals surface area contributed by atoms with Crippen LogP contribution in [-0.2, 0) is 22.1 Å². The number of amides is 1. The molecule has 0 spiro atoms. The number of nitrogens with two attached hydrogens (primary N) is 1. The minimum Gasteiger partial charge on any atom is -0.476 e. The summed E-state index contributed by atoms with van der Waals surface area (Å²) in [4.78, 5) is 26.5. The fourth-order valence-corrected chi connectivity index (χ4v) is 3.57. The molecule has 26 heavy (non-hydrogen) atoms. The number of nitrogens with one attached hydrogen (secondary N) is 3.